The standard InChI is InChI=1S/C30H21N7OS/c38-27(11-18-5-2-1-3-6-18)33-21-12-20(14-31-15-21)19-8-9-24-22(13-19)29(37-36-24)30-34-25-17-32-16-23(28(25)35-30)26-7-4-10-39-26/h1-10,12-17H,11H2,(H,33,38)(H,34,35)(H,36,37). The van der Waals surface area contributed by atoms with Gasteiger partial charge in [-0.15, -0.1) is 11.3 Å². The van der Waals surface area contributed by atoms with Gasteiger partial charge in [0.05, 0.1) is 35.5 Å². The lowest BCUT2D eigenvalue weighted by Gasteiger charge is -2.08. The average molecular weight is 528 g/mol. The van der Waals surface area contributed by atoms with Crippen molar-refractivity contribution in [1.29, 1.82) is 0 Å². The number of carbonyl (C=O) groups excluding carboxylic acids is 1. The molecule has 8 nitrogen and oxygen atoms in total. The van der Waals surface area contributed by atoms with Gasteiger partial charge in [0.1, 0.15) is 11.2 Å². The van der Waals surface area contributed by atoms with Gasteiger partial charge in [-0.3, -0.25) is 19.9 Å². The highest BCUT2D eigenvalue weighted by Crippen LogP contribution is 2.34. The fourth-order valence-corrected chi connectivity index (χ4v) is 5.42. The number of amides is 1. The van der Waals surface area contributed by atoms with Gasteiger partial charge in [-0.1, -0.05) is 42.5 Å². The Morgan fingerprint density at radius 3 is 2.64 bits per heavy atom. The highest BCUT2D eigenvalue weighted by Gasteiger charge is 2.16. The van der Waals surface area contributed by atoms with E-state index in [4.69, 9.17) is 4.98 Å². The van der Waals surface area contributed by atoms with Crippen molar-refractivity contribution in [3.8, 4) is 33.1 Å². The number of nitrogens with zero attached hydrogens (tertiary/aromatic N) is 4. The van der Waals surface area contributed by atoms with E-state index < -0.39 is 0 Å². The van der Waals surface area contributed by atoms with Crippen molar-refractivity contribution < 1.29 is 4.79 Å². The van der Waals surface area contributed by atoms with Gasteiger partial charge in [-0.25, -0.2) is 4.98 Å². The summed E-state index contributed by atoms with van der Waals surface area (Å²) in [5, 5.41) is 13.6. The second-order valence-electron chi connectivity index (χ2n) is 9.15. The van der Waals surface area contributed by atoms with Gasteiger partial charge < -0.3 is 10.3 Å². The molecule has 0 bridgehead atoms. The van der Waals surface area contributed by atoms with Gasteiger partial charge in [0.15, 0.2) is 5.82 Å². The second kappa shape index (κ2) is 9.62. The first-order valence-electron chi connectivity index (χ1n) is 12.4. The van der Waals surface area contributed by atoms with E-state index in [2.05, 4.69) is 42.6 Å². The number of imidazole rings is 1. The maximum atomic E-state index is 12.6. The molecule has 7 rings (SSSR count). The minimum atomic E-state index is -0.0889. The molecule has 0 saturated carbocycles. The highest BCUT2D eigenvalue weighted by atomic mass is 32.1. The Bertz CT molecular complexity index is 1940. The summed E-state index contributed by atoms with van der Waals surface area (Å²) in [6, 6.07) is 21.7. The quantitative estimate of drug-likeness (QED) is 0.229. The number of H-pyrrole nitrogens is 2. The van der Waals surface area contributed by atoms with Crippen LogP contribution in [0, 0.1) is 0 Å². The average Bonchev–Trinajstić information content (AvgIpc) is 3.73. The molecule has 7 aromatic rings. The smallest absolute Gasteiger partial charge is 0.228 e. The number of pyridine rings is 2. The van der Waals surface area contributed by atoms with Crippen LogP contribution in [0.5, 0.6) is 0 Å². The molecule has 3 N–H and O–H groups in total. The van der Waals surface area contributed by atoms with E-state index >= 15 is 0 Å². The van der Waals surface area contributed by atoms with Crippen LogP contribution < -0.4 is 5.32 Å². The molecule has 0 aliphatic rings. The van der Waals surface area contributed by atoms with E-state index in [0.717, 1.165) is 54.8 Å². The van der Waals surface area contributed by atoms with E-state index in [1.165, 1.54) is 0 Å². The van der Waals surface area contributed by atoms with Crippen LogP contribution in [0.3, 0.4) is 0 Å². The van der Waals surface area contributed by atoms with Crippen LogP contribution >= 0.6 is 11.3 Å². The summed E-state index contributed by atoms with van der Waals surface area (Å²) in [7, 11) is 0. The number of aromatic amines is 2. The number of hydrogen-bond donors (Lipinski definition) is 3. The van der Waals surface area contributed by atoms with E-state index in [9.17, 15) is 4.79 Å². The molecule has 0 aliphatic carbocycles. The van der Waals surface area contributed by atoms with E-state index in [-0.39, 0.29) is 5.91 Å². The van der Waals surface area contributed by atoms with Crippen LogP contribution in [-0.2, 0) is 11.2 Å². The Hall–Kier alpha value is -5.15. The molecule has 5 heterocycles. The zero-order valence-corrected chi connectivity index (χ0v) is 21.4. The number of aromatic nitrogens is 6. The summed E-state index contributed by atoms with van der Waals surface area (Å²) in [6.07, 6.45) is 7.37. The molecule has 0 atom stereocenters. The third-order valence-corrected chi connectivity index (χ3v) is 7.43. The molecule has 0 saturated heterocycles. The lowest BCUT2D eigenvalue weighted by Crippen LogP contribution is -2.14. The molecule has 0 fully saturated rings. The van der Waals surface area contributed by atoms with E-state index in [1.54, 1.807) is 29.9 Å². The number of rotatable bonds is 6. The van der Waals surface area contributed by atoms with E-state index in [0.29, 0.717) is 17.9 Å². The molecule has 2 aromatic carbocycles. The number of fused-ring (bicyclic) bond motifs is 2. The van der Waals surface area contributed by atoms with Crippen LogP contribution in [0.15, 0.2) is 96.9 Å². The van der Waals surface area contributed by atoms with Crippen molar-refractivity contribution in [3.05, 3.63) is 102 Å². The fourth-order valence-electron chi connectivity index (χ4n) is 4.68. The Morgan fingerprint density at radius 2 is 1.77 bits per heavy atom. The Kier molecular flexibility index (Phi) is 5.68. The largest absolute Gasteiger partial charge is 0.335 e. The van der Waals surface area contributed by atoms with Crippen molar-refractivity contribution in [2.45, 2.75) is 6.42 Å². The van der Waals surface area contributed by atoms with Crippen LogP contribution in [-0.4, -0.2) is 36.0 Å². The number of carbonyl (C=O) groups is 1. The van der Waals surface area contributed by atoms with Crippen LogP contribution in [0.2, 0.25) is 0 Å². The fraction of sp³-hybridized carbons (Fsp3) is 0.0333. The van der Waals surface area contributed by atoms with Crippen molar-refractivity contribution in [2.75, 3.05) is 5.32 Å². The number of benzene rings is 2. The predicted octanol–water partition coefficient (Wildman–Crippen LogP) is 6.47. The maximum absolute atomic E-state index is 12.6. The summed E-state index contributed by atoms with van der Waals surface area (Å²) in [4.78, 5) is 30.8. The SMILES string of the molecule is O=C(Cc1ccccc1)Nc1cncc(-c2ccc3[nH]nc(-c4nc5c(-c6cccs6)cncc5[nH]4)c3c2)c1. The molecule has 188 valence electrons. The molecular formula is C30H21N7OS. The number of anilines is 1. The van der Waals surface area contributed by atoms with Gasteiger partial charge in [-0.2, -0.15) is 5.10 Å². The first kappa shape index (κ1) is 23.0. The number of nitrogens with one attached hydrogen (secondary N) is 3. The minimum Gasteiger partial charge on any atom is -0.335 e. The highest BCUT2D eigenvalue weighted by molar-refractivity contribution is 7.13. The summed E-state index contributed by atoms with van der Waals surface area (Å²) in [5.41, 5.74) is 7.76. The van der Waals surface area contributed by atoms with Gasteiger partial charge in [0.2, 0.25) is 5.91 Å². The molecule has 0 spiro atoms. The monoisotopic (exact) mass is 527 g/mol. The topological polar surface area (TPSA) is 112 Å². The van der Waals surface area contributed by atoms with Crippen molar-refractivity contribution in [2.24, 2.45) is 0 Å². The first-order chi connectivity index (χ1) is 19.2. The molecule has 9 heteroatoms. The summed E-state index contributed by atoms with van der Waals surface area (Å²) in [5.74, 6) is 0.577. The minimum absolute atomic E-state index is 0.0889. The van der Waals surface area contributed by atoms with Crippen molar-refractivity contribution in [3.63, 3.8) is 0 Å². The molecule has 5 aromatic heterocycles. The zero-order chi connectivity index (χ0) is 26.2. The molecule has 0 unspecified atom stereocenters. The predicted molar refractivity (Wildman–Crippen MR) is 154 cm³/mol. The van der Waals surface area contributed by atoms with Crippen LogP contribution in [0.25, 0.3) is 55.0 Å². The zero-order valence-electron chi connectivity index (χ0n) is 20.6. The molecule has 39 heavy (non-hydrogen) atoms. The first-order valence-corrected chi connectivity index (χ1v) is 13.2. The number of hydrogen-bond acceptors (Lipinski definition) is 6. The molecule has 0 aliphatic heterocycles. The third-order valence-electron chi connectivity index (χ3n) is 6.53. The Morgan fingerprint density at radius 1 is 0.872 bits per heavy atom. The lowest BCUT2D eigenvalue weighted by molar-refractivity contribution is -0.115. The van der Waals surface area contributed by atoms with Crippen LogP contribution in [0.1, 0.15) is 5.56 Å². The van der Waals surface area contributed by atoms with Crippen molar-refractivity contribution >= 4 is 44.9 Å². The van der Waals surface area contributed by atoms with E-state index in [1.807, 2.05) is 66.2 Å². The Balaban J connectivity index is 1.21. The second-order valence-corrected chi connectivity index (χ2v) is 10.1. The van der Waals surface area contributed by atoms with Gasteiger partial charge in [-0.05, 0) is 40.8 Å². The normalized spacial score (nSPS) is 11.3. The summed E-state index contributed by atoms with van der Waals surface area (Å²) in [6.45, 7) is 0. The Labute approximate surface area is 226 Å². The number of thiophene rings is 1. The third kappa shape index (κ3) is 4.45. The van der Waals surface area contributed by atoms with Crippen molar-refractivity contribution in [1.82, 2.24) is 30.1 Å². The summed E-state index contributed by atoms with van der Waals surface area (Å²) >= 11 is 1.66. The molecule has 0 radical (unpaired) electrons. The van der Waals surface area contributed by atoms with Crippen LogP contribution in [0.4, 0.5) is 5.69 Å². The molecule has 1 amide bonds. The summed E-state index contributed by atoms with van der Waals surface area (Å²) < 4.78 is 0. The van der Waals surface area contributed by atoms with Gasteiger partial charge in [0, 0.05) is 33.8 Å². The maximum Gasteiger partial charge on any atom is 0.228 e. The van der Waals surface area contributed by atoms with Gasteiger partial charge in [0.25, 0.3) is 0 Å². The molecular weight excluding hydrogens is 506 g/mol. The lowest BCUT2D eigenvalue weighted by atomic mass is 10.0. The van der Waals surface area contributed by atoms with Gasteiger partial charge >= 0.3 is 0 Å².